The summed E-state index contributed by atoms with van der Waals surface area (Å²) in [5, 5.41) is 13.6. The number of carbonyl (C=O) groups is 1. The van der Waals surface area contributed by atoms with Crippen molar-refractivity contribution >= 4 is 6.03 Å². The SMILES string of the molecule is CNC(=O)NC(C#N)C1CC1. The fourth-order valence-electron chi connectivity index (χ4n) is 0.898. The molecule has 1 fully saturated rings. The Hall–Kier alpha value is -1.24. The highest BCUT2D eigenvalue weighted by Crippen LogP contribution is 2.32. The lowest BCUT2D eigenvalue weighted by Gasteiger charge is -2.08. The Morgan fingerprint density at radius 2 is 2.36 bits per heavy atom. The Kier molecular flexibility index (Phi) is 2.32. The molecule has 0 aliphatic heterocycles. The van der Waals surface area contributed by atoms with Crippen molar-refractivity contribution in [2.75, 3.05) is 7.05 Å². The predicted molar refractivity (Wildman–Crippen MR) is 39.7 cm³/mol. The van der Waals surface area contributed by atoms with Crippen molar-refractivity contribution in [3.63, 3.8) is 0 Å². The Labute approximate surface area is 65.6 Å². The van der Waals surface area contributed by atoms with Crippen LogP contribution in [0.1, 0.15) is 12.8 Å². The molecule has 0 bridgehead atoms. The lowest BCUT2D eigenvalue weighted by Crippen LogP contribution is -2.40. The maximum Gasteiger partial charge on any atom is 0.315 e. The molecule has 4 heteroatoms. The number of amides is 2. The molecule has 1 saturated carbocycles. The van der Waals surface area contributed by atoms with Crippen LogP contribution in [0.25, 0.3) is 0 Å². The minimum atomic E-state index is -0.296. The zero-order chi connectivity index (χ0) is 8.27. The maximum absolute atomic E-state index is 10.7. The van der Waals surface area contributed by atoms with Crippen LogP contribution >= 0.6 is 0 Å². The van der Waals surface area contributed by atoms with Crippen LogP contribution in [0.4, 0.5) is 4.79 Å². The highest BCUT2D eigenvalue weighted by atomic mass is 16.2. The molecule has 0 radical (unpaired) electrons. The lowest BCUT2D eigenvalue weighted by molar-refractivity contribution is 0.240. The van der Waals surface area contributed by atoms with E-state index >= 15 is 0 Å². The Morgan fingerprint density at radius 3 is 2.73 bits per heavy atom. The van der Waals surface area contributed by atoms with Crippen LogP contribution < -0.4 is 10.6 Å². The largest absolute Gasteiger partial charge is 0.341 e. The van der Waals surface area contributed by atoms with Crippen LogP contribution in [0.15, 0.2) is 0 Å². The fourth-order valence-corrected chi connectivity index (χ4v) is 0.898. The molecule has 11 heavy (non-hydrogen) atoms. The summed E-state index contributed by atoms with van der Waals surface area (Å²) >= 11 is 0. The smallest absolute Gasteiger partial charge is 0.315 e. The fraction of sp³-hybridized carbons (Fsp3) is 0.714. The first kappa shape index (κ1) is 7.86. The first-order chi connectivity index (χ1) is 5.27. The van der Waals surface area contributed by atoms with Gasteiger partial charge in [0, 0.05) is 7.05 Å². The second-order valence-electron chi connectivity index (χ2n) is 2.67. The number of hydrogen-bond donors (Lipinski definition) is 2. The predicted octanol–water partition coefficient (Wildman–Crippen LogP) is 0.218. The minimum Gasteiger partial charge on any atom is -0.341 e. The molecule has 1 aliphatic carbocycles. The molecule has 0 saturated heterocycles. The van der Waals surface area contributed by atoms with E-state index in [1.54, 1.807) is 0 Å². The Morgan fingerprint density at radius 1 is 1.73 bits per heavy atom. The number of urea groups is 1. The van der Waals surface area contributed by atoms with E-state index in [-0.39, 0.29) is 12.1 Å². The molecule has 1 unspecified atom stereocenters. The average molecular weight is 153 g/mol. The van der Waals surface area contributed by atoms with Gasteiger partial charge in [0.15, 0.2) is 0 Å². The standard InChI is InChI=1S/C7H11N3O/c1-9-7(11)10-6(4-8)5-2-3-5/h5-6H,2-3H2,1H3,(H2,9,10,11). The monoisotopic (exact) mass is 153 g/mol. The third kappa shape index (κ3) is 2.11. The van der Waals surface area contributed by atoms with E-state index < -0.39 is 0 Å². The van der Waals surface area contributed by atoms with Crippen LogP contribution in [-0.2, 0) is 0 Å². The number of nitriles is 1. The van der Waals surface area contributed by atoms with E-state index in [2.05, 4.69) is 16.7 Å². The zero-order valence-corrected chi connectivity index (χ0v) is 6.42. The number of carbonyl (C=O) groups excluding carboxylic acids is 1. The first-order valence-corrected chi connectivity index (χ1v) is 3.65. The maximum atomic E-state index is 10.7. The van der Waals surface area contributed by atoms with Crippen LogP contribution in [0.2, 0.25) is 0 Å². The molecule has 0 aromatic rings. The molecule has 0 heterocycles. The Bertz CT molecular complexity index is 192. The summed E-state index contributed by atoms with van der Waals surface area (Å²) in [6, 6.07) is 1.49. The van der Waals surface area contributed by atoms with Crippen molar-refractivity contribution in [1.29, 1.82) is 5.26 Å². The number of hydrogen-bond acceptors (Lipinski definition) is 2. The van der Waals surface area contributed by atoms with Crippen molar-refractivity contribution in [2.45, 2.75) is 18.9 Å². The van der Waals surface area contributed by atoms with Gasteiger partial charge in [-0.25, -0.2) is 4.79 Å². The first-order valence-electron chi connectivity index (χ1n) is 3.65. The highest BCUT2D eigenvalue weighted by Gasteiger charge is 2.31. The van der Waals surface area contributed by atoms with Gasteiger partial charge in [0.25, 0.3) is 0 Å². The van der Waals surface area contributed by atoms with Crippen molar-refractivity contribution in [3.05, 3.63) is 0 Å². The molecule has 0 aromatic heterocycles. The molecule has 60 valence electrons. The molecule has 4 nitrogen and oxygen atoms in total. The quantitative estimate of drug-likeness (QED) is 0.596. The summed E-state index contributed by atoms with van der Waals surface area (Å²) in [5.41, 5.74) is 0. The van der Waals surface area contributed by atoms with Crippen LogP contribution in [0, 0.1) is 17.2 Å². The summed E-state index contributed by atoms with van der Waals surface area (Å²) in [6.45, 7) is 0. The molecule has 1 rings (SSSR count). The van der Waals surface area contributed by atoms with E-state index in [0.29, 0.717) is 5.92 Å². The van der Waals surface area contributed by atoms with Gasteiger partial charge in [-0.3, -0.25) is 0 Å². The topological polar surface area (TPSA) is 64.9 Å². The lowest BCUT2D eigenvalue weighted by atomic mass is 10.2. The van der Waals surface area contributed by atoms with Crippen LogP contribution in [0.3, 0.4) is 0 Å². The van der Waals surface area contributed by atoms with E-state index in [4.69, 9.17) is 5.26 Å². The van der Waals surface area contributed by atoms with E-state index in [9.17, 15) is 4.79 Å². The summed E-state index contributed by atoms with van der Waals surface area (Å²) in [7, 11) is 1.54. The van der Waals surface area contributed by atoms with Gasteiger partial charge in [-0.2, -0.15) is 5.26 Å². The van der Waals surface area contributed by atoms with Gasteiger partial charge in [0.2, 0.25) is 0 Å². The second-order valence-corrected chi connectivity index (χ2v) is 2.67. The average Bonchev–Trinajstić information content (AvgIpc) is 2.82. The summed E-state index contributed by atoms with van der Waals surface area (Å²) in [5.74, 6) is 0.386. The molecule has 2 N–H and O–H groups in total. The van der Waals surface area contributed by atoms with Gasteiger partial charge in [0.05, 0.1) is 6.07 Å². The molecule has 0 aromatic carbocycles. The second kappa shape index (κ2) is 3.24. The van der Waals surface area contributed by atoms with Crippen molar-refractivity contribution in [1.82, 2.24) is 10.6 Å². The van der Waals surface area contributed by atoms with Crippen LogP contribution in [-0.4, -0.2) is 19.1 Å². The van der Waals surface area contributed by atoms with E-state index in [1.807, 2.05) is 0 Å². The summed E-state index contributed by atoms with van der Waals surface area (Å²) < 4.78 is 0. The molecule has 1 aliphatic rings. The third-order valence-electron chi connectivity index (χ3n) is 1.75. The third-order valence-corrected chi connectivity index (χ3v) is 1.75. The molecule has 2 amide bonds. The van der Waals surface area contributed by atoms with Gasteiger partial charge < -0.3 is 10.6 Å². The van der Waals surface area contributed by atoms with Gasteiger partial charge in [-0.15, -0.1) is 0 Å². The number of nitrogens with one attached hydrogen (secondary N) is 2. The molecular weight excluding hydrogens is 142 g/mol. The van der Waals surface area contributed by atoms with Gasteiger partial charge in [-0.05, 0) is 18.8 Å². The van der Waals surface area contributed by atoms with Crippen molar-refractivity contribution < 1.29 is 4.79 Å². The van der Waals surface area contributed by atoms with Gasteiger partial charge in [0.1, 0.15) is 6.04 Å². The van der Waals surface area contributed by atoms with Crippen molar-refractivity contribution in [2.24, 2.45) is 5.92 Å². The normalized spacial score (nSPS) is 18.2. The summed E-state index contributed by atoms with van der Waals surface area (Å²) in [6.07, 6.45) is 2.12. The van der Waals surface area contributed by atoms with Crippen molar-refractivity contribution in [3.8, 4) is 6.07 Å². The van der Waals surface area contributed by atoms with Crippen LogP contribution in [0.5, 0.6) is 0 Å². The molecule has 1 atom stereocenters. The molecular formula is C7H11N3O. The van der Waals surface area contributed by atoms with E-state index in [0.717, 1.165) is 12.8 Å². The molecule has 0 spiro atoms. The van der Waals surface area contributed by atoms with Gasteiger partial charge >= 0.3 is 6.03 Å². The number of rotatable bonds is 2. The minimum absolute atomic E-state index is 0.275. The summed E-state index contributed by atoms with van der Waals surface area (Å²) in [4.78, 5) is 10.7. The highest BCUT2D eigenvalue weighted by molar-refractivity contribution is 5.74. The number of nitrogens with zero attached hydrogens (tertiary/aromatic N) is 1. The Balaban J connectivity index is 2.32. The zero-order valence-electron chi connectivity index (χ0n) is 6.42. The van der Waals surface area contributed by atoms with Gasteiger partial charge in [-0.1, -0.05) is 0 Å². The van der Waals surface area contributed by atoms with E-state index in [1.165, 1.54) is 7.05 Å².